The van der Waals surface area contributed by atoms with Crippen molar-refractivity contribution >= 4 is 11.4 Å². The Hall–Kier alpha value is -2.54. The molecule has 1 saturated heterocycles. The number of benzene rings is 2. The van der Waals surface area contributed by atoms with Gasteiger partial charge in [-0.15, -0.1) is 0 Å². The Balaban J connectivity index is 1.29. The van der Waals surface area contributed by atoms with Gasteiger partial charge in [-0.3, -0.25) is 0 Å². The van der Waals surface area contributed by atoms with Crippen LogP contribution in [-0.4, -0.2) is 31.9 Å². The van der Waals surface area contributed by atoms with Crippen LogP contribution in [-0.2, 0) is 24.0 Å². The molecule has 2 aliphatic carbocycles. The summed E-state index contributed by atoms with van der Waals surface area (Å²) in [5, 5.41) is 7.76. The number of piperazine rings is 1. The summed E-state index contributed by atoms with van der Waals surface area (Å²) in [7, 11) is 0. The average molecular weight is 486 g/mol. The highest BCUT2D eigenvalue weighted by Crippen LogP contribution is 2.41. The minimum absolute atomic E-state index is 0.000387. The van der Waals surface area contributed by atoms with Crippen LogP contribution >= 0.6 is 0 Å². The van der Waals surface area contributed by atoms with Crippen LogP contribution in [0.4, 0.5) is 18.9 Å². The lowest BCUT2D eigenvalue weighted by atomic mass is 9.81. The third-order valence-corrected chi connectivity index (χ3v) is 7.62. The van der Waals surface area contributed by atoms with Gasteiger partial charge in [0.25, 0.3) is 0 Å². The molecule has 1 aliphatic heterocycles. The molecule has 35 heavy (non-hydrogen) atoms. The summed E-state index contributed by atoms with van der Waals surface area (Å²) in [5.74, 6) is 0.000387. The van der Waals surface area contributed by atoms with Crippen molar-refractivity contribution in [2.24, 2.45) is 5.16 Å². The van der Waals surface area contributed by atoms with Crippen LogP contribution in [0.25, 0.3) is 0 Å². The van der Waals surface area contributed by atoms with Crippen LogP contribution in [0, 0.1) is 0 Å². The van der Waals surface area contributed by atoms with Crippen molar-refractivity contribution in [2.45, 2.75) is 70.1 Å². The van der Waals surface area contributed by atoms with Crippen LogP contribution in [0.2, 0.25) is 0 Å². The molecule has 0 atom stereocenters. The molecule has 188 valence electrons. The van der Waals surface area contributed by atoms with E-state index in [2.05, 4.69) is 33.6 Å². The van der Waals surface area contributed by atoms with E-state index in [1.165, 1.54) is 17.3 Å². The van der Waals surface area contributed by atoms with E-state index in [0.29, 0.717) is 11.1 Å². The molecule has 1 heterocycles. The molecule has 4 nitrogen and oxygen atoms in total. The summed E-state index contributed by atoms with van der Waals surface area (Å²) in [6.07, 6.45) is 3.24. The van der Waals surface area contributed by atoms with Crippen molar-refractivity contribution in [3.8, 4) is 0 Å². The van der Waals surface area contributed by atoms with Gasteiger partial charge in [-0.25, -0.2) is 0 Å². The first-order valence-corrected chi connectivity index (χ1v) is 13.0. The minimum atomic E-state index is -4.36. The summed E-state index contributed by atoms with van der Waals surface area (Å²) in [5.41, 5.74) is 4.92. The largest absolute Gasteiger partial charge is 0.416 e. The second-order valence-electron chi connectivity index (χ2n) is 10.00. The van der Waals surface area contributed by atoms with E-state index in [1.54, 1.807) is 12.1 Å². The number of nitrogens with one attached hydrogen (secondary N) is 1. The first kappa shape index (κ1) is 24.2. The maximum atomic E-state index is 13.9. The molecule has 0 unspecified atom stereocenters. The Morgan fingerprint density at radius 1 is 0.943 bits per heavy atom. The predicted molar refractivity (Wildman–Crippen MR) is 133 cm³/mol. The van der Waals surface area contributed by atoms with Gasteiger partial charge >= 0.3 is 6.18 Å². The molecule has 0 spiro atoms. The molecule has 5 rings (SSSR count). The number of fused-ring (bicyclic) bond motifs is 1. The van der Waals surface area contributed by atoms with Gasteiger partial charge in [0.15, 0.2) is 0 Å². The molecule has 1 N–H and O–H groups in total. The molecule has 0 bridgehead atoms. The maximum Gasteiger partial charge on any atom is 0.416 e. The molecule has 0 aromatic heterocycles. The fourth-order valence-electron chi connectivity index (χ4n) is 5.76. The number of nitrogens with zero attached hydrogens (tertiary/aromatic N) is 2. The molecular weight excluding hydrogens is 451 g/mol. The lowest BCUT2D eigenvalue weighted by Gasteiger charge is -2.30. The summed E-state index contributed by atoms with van der Waals surface area (Å²) in [4.78, 5) is 8.01. The van der Waals surface area contributed by atoms with Crippen molar-refractivity contribution in [2.75, 3.05) is 31.1 Å². The van der Waals surface area contributed by atoms with Crippen molar-refractivity contribution in [1.82, 2.24) is 5.32 Å². The van der Waals surface area contributed by atoms with Crippen LogP contribution in [0.15, 0.2) is 41.6 Å². The zero-order valence-corrected chi connectivity index (χ0v) is 20.2. The molecule has 2 aromatic carbocycles. The Morgan fingerprint density at radius 2 is 1.74 bits per heavy atom. The first-order chi connectivity index (χ1) is 17.0. The normalized spacial score (nSPS) is 20.7. The van der Waals surface area contributed by atoms with Crippen LogP contribution in [0.1, 0.15) is 78.7 Å². The second-order valence-corrected chi connectivity index (χ2v) is 10.00. The second kappa shape index (κ2) is 10.6. The third-order valence-electron chi connectivity index (χ3n) is 7.62. The predicted octanol–water partition coefficient (Wildman–Crippen LogP) is 6.42. The van der Waals surface area contributed by atoms with E-state index in [-0.39, 0.29) is 12.5 Å². The lowest BCUT2D eigenvalue weighted by molar-refractivity contribution is -0.138. The quantitative estimate of drug-likeness (QED) is 0.497. The fraction of sp³-hybridized carbons (Fsp3) is 0.536. The standard InChI is InChI=1S/C28H34F3N3O/c29-28(30,31)26-17-20(9-11-24(26)21-5-2-1-3-6-21)19-35-33-27-8-4-7-22-18-23(10-12-25(22)27)34-15-13-32-14-16-34/h9-12,17-18,21,32H,1-8,13-16,19H2. The lowest BCUT2D eigenvalue weighted by Crippen LogP contribution is -2.43. The number of hydrogen-bond donors (Lipinski definition) is 1. The SMILES string of the molecule is FC(F)(F)c1cc(CON=C2CCCc3cc(N4CCNCC4)ccc32)ccc1C1CCCCC1. The molecule has 7 heteroatoms. The molecule has 1 saturated carbocycles. The van der Waals surface area contributed by atoms with Crippen LogP contribution in [0.5, 0.6) is 0 Å². The van der Waals surface area contributed by atoms with Crippen LogP contribution in [0.3, 0.4) is 0 Å². The number of alkyl halides is 3. The third kappa shape index (κ3) is 5.66. The number of oxime groups is 1. The average Bonchev–Trinajstić information content (AvgIpc) is 2.89. The number of hydrogen-bond acceptors (Lipinski definition) is 4. The Bertz CT molecular complexity index is 1050. The Morgan fingerprint density at radius 3 is 2.51 bits per heavy atom. The van der Waals surface area contributed by atoms with Crippen molar-refractivity contribution in [3.63, 3.8) is 0 Å². The van der Waals surface area contributed by atoms with Crippen molar-refractivity contribution in [3.05, 3.63) is 64.2 Å². The number of halogens is 3. The van der Waals surface area contributed by atoms with Gasteiger partial charge in [0.1, 0.15) is 6.61 Å². The van der Waals surface area contributed by atoms with Crippen molar-refractivity contribution < 1.29 is 18.0 Å². The Kier molecular flexibility index (Phi) is 7.32. The van der Waals surface area contributed by atoms with Gasteiger partial charge in [0, 0.05) is 37.4 Å². The van der Waals surface area contributed by atoms with Gasteiger partial charge < -0.3 is 15.1 Å². The monoisotopic (exact) mass is 485 g/mol. The van der Waals surface area contributed by atoms with Gasteiger partial charge in [0.05, 0.1) is 11.3 Å². The fourth-order valence-corrected chi connectivity index (χ4v) is 5.76. The maximum absolute atomic E-state index is 13.9. The summed E-state index contributed by atoms with van der Waals surface area (Å²) in [6.45, 7) is 4.03. The van der Waals surface area contributed by atoms with Gasteiger partial charge in [0.2, 0.25) is 0 Å². The molecule has 0 radical (unpaired) electrons. The number of anilines is 1. The van der Waals surface area contributed by atoms with Gasteiger partial charge in [-0.05, 0) is 72.9 Å². The summed E-state index contributed by atoms with van der Waals surface area (Å²) in [6, 6.07) is 11.2. The molecule has 2 fully saturated rings. The van der Waals surface area contributed by atoms with E-state index in [1.807, 2.05) is 0 Å². The number of rotatable bonds is 5. The van der Waals surface area contributed by atoms with E-state index in [9.17, 15) is 13.2 Å². The van der Waals surface area contributed by atoms with Gasteiger partial charge in [-0.2, -0.15) is 13.2 Å². The topological polar surface area (TPSA) is 36.9 Å². The molecule has 0 amide bonds. The Labute approximate surface area is 205 Å². The first-order valence-electron chi connectivity index (χ1n) is 13.0. The molecule has 2 aromatic rings. The zero-order valence-electron chi connectivity index (χ0n) is 20.2. The number of aryl methyl sites for hydroxylation is 1. The van der Waals surface area contributed by atoms with E-state index < -0.39 is 11.7 Å². The summed E-state index contributed by atoms with van der Waals surface area (Å²) < 4.78 is 41.6. The minimum Gasteiger partial charge on any atom is -0.391 e. The van der Waals surface area contributed by atoms with Gasteiger partial charge in [-0.1, -0.05) is 42.6 Å². The highest BCUT2D eigenvalue weighted by Gasteiger charge is 2.35. The van der Waals surface area contributed by atoms with Crippen LogP contribution < -0.4 is 10.2 Å². The van der Waals surface area contributed by atoms with E-state index in [0.717, 1.165) is 88.8 Å². The smallest absolute Gasteiger partial charge is 0.391 e. The summed E-state index contributed by atoms with van der Waals surface area (Å²) >= 11 is 0. The molecular formula is C28H34F3N3O. The highest BCUT2D eigenvalue weighted by atomic mass is 19.4. The highest BCUT2D eigenvalue weighted by molar-refractivity contribution is 6.02. The zero-order chi connectivity index (χ0) is 24.3. The molecule has 3 aliphatic rings. The van der Waals surface area contributed by atoms with Crippen molar-refractivity contribution in [1.29, 1.82) is 0 Å². The van der Waals surface area contributed by atoms with E-state index >= 15 is 0 Å². The van der Waals surface area contributed by atoms with E-state index in [4.69, 9.17) is 4.84 Å².